The summed E-state index contributed by atoms with van der Waals surface area (Å²) in [5, 5.41) is 6.17. The van der Waals surface area contributed by atoms with E-state index in [1.54, 1.807) is 0 Å². The molecule has 1 aromatic carbocycles. The van der Waals surface area contributed by atoms with E-state index in [1.807, 2.05) is 23.0 Å². The monoisotopic (exact) mass is 314 g/mol. The zero-order valence-corrected chi connectivity index (χ0v) is 11.5. The van der Waals surface area contributed by atoms with E-state index in [2.05, 4.69) is 21.0 Å². The Hall–Kier alpha value is -0.580. The molecule has 0 saturated carbocycles. The molecule has 90 valence electrons. The molecule has 3 rings (SSSR count). The fourth-order valence-corrected chi connectivity index (χ4v) is 2.69. The van der Waals surface area contributed by atoms with Gasteiger partial charge in [0.25, 0.3) is 0 Å². The molecule has 0 bridgehead atoms. The lowest BCUT2D eigenvalue weighted by Crippen LogP contribution is -2.18. The molecule has 1 atom stereocenters. The second-order valence-corrected chi connectivity index (χ2v) is 5.50. The van der Waals surface area contributed by atoms with Crippen LogP contribution in [0.5, 0.6) is 0 Å². The molecular weight excluding hydrogens is 304 g/mol. The predicted molar refractivity (Wildman–Crippen MR) is 71.3 cm³/mol. The average molecular weight is 316 g/mol. The van der Waals surface area contributed by atoms with Gasteiger partial charge in [-0.05, 0) is 47.3 Å². The van der Waals surface area contributed by atoms with Crippen molar-refractivity contribution in [1.82, 2.24) is 9.78 Å². The van der Waals surface area contributed by atoms with Gasteiger partial charge in [-0.15, -0.1) is 0 Å². The molecule has 0 amide bonds. The van der Waals surface area contributed by atoms with Gasteiger partial charge in [-0.25, -0.2) is 4.68 Å². The van der Waals surface area contributed by atoms with Gasteiger partial charge in [-0.3, -0.25) is 0 Å². The van der Waals surface area contributed by atoms with Gasteiger partial charge < -0.3 is 4.74 Å². The molecule has 3 nitrogen and oxygen atoms in total. The number of aromatic nitrogens is 2. The molecule has 0 radical (unpaired) electrons. The first-order chi connectivity index (χ1) is 8.25. The number of benzene rings is 1. The van der Waals surface area contributed by atoms with Crippen LogP contribution in [0.4, 0.5) is 0 Å². The molecule has 17 heavy (non-hydrogen) atoms. The fraction of sp³-hybridized carbons (Fsp3) is 0.417. The van der Waals surface area contributed by atoms with Gasteiger partial charge in [-0.1, -0.05) is 11.6 Å². The van der Waals surface area contributed by atoms with E-state index in [9.17, 15) is 0 Å². The Morgan fingerprint density at radius 3 is 3.06 bits per heavy atom. The third-order valence-electron chi connectivity index (χ3n) is 3.07. The van der Waals surface area contributed by atoms with Crippen molar-refractivity contribution in [2.24, 2.45) is 0 Å². The summed E-state index contributed by atoms with van der Waals surface area (Å²) in [7, 11) is 0. The molecule has 1 fully saturated rings. The second kappa shape index (κ2) is 4.59. The van der Waals surface area contributed by atoms with Crippen LogP contribution in [0.1, 0.15) is 25.5 Å². The molecule has 0 aliphatic carbocycles. The van der Waals surface area contributed by atoms with E-state index in [-0.39, 0.29) is 6.23 Å². The van der Waals surface area contributed by atoms with Crippen LogP contribution < -0.4 is 0 Å². The summed E-state index contributed by atoms with van der Waals surface area (Å²) >= 11 is 9.51. The van der Waals surface area contributed by atoms with Crippen molar-refractivity contribution in [3.63, 3.8) is 0 Å². The lowest BCUT2D eigenvalue weighted by atomic mass is 10.2. The number of nitrogens with zero attached hydrogens (tertiary/aromatic N) is 2. The van der Waals surface area contributed by atoms with Gasteiger partial charge >= 0.3 is 0 Å². The minimum absolute atomic E-state index is 0.0642. The number of hydrogen-bond donors (Lipinski definition) is 0. The Morgan fingerprint density at radius 1 is 1.41 bits per heavy atom. The topological polar surface area (TPSA) is 27.1 Å². The summed E-state index contributed by atoms with van der Waals surface area (Å²) in [5.74, 6) is 0. The molecule has 5 heteroatoms. The van der Waals surface area contributed by atoms with E-state index in [0.29, 0.717) is 5.02 Å². The summed E-state index contributed by atoms with van der Waals surface area (Å²) in [6.45, 7) is 0.820. The molecule has 1 aromatic heterocycles. The third-order valence-corrected chi connectivity index (χ3v) is 4.26. The zero-order valence-electron chi connectivity index (χ0n) is 9.20. The minimum Gasteiger partial charge on any atom is -0.356 e. The lowest BCUT2D eigenvalue weighted by Gasteiger charge is -2.23. The molecule has 1 unspecified atom stereocenters. The molecule has 2 aromatic rings. The highest BCUT2D eigenvalue weighted by Gasteiger charge is 2.18. The van der Waals surface area contributed by atoms with Crippen molar-refractivity contribution in [3.8, 4) is 0 Å². The van der Waals surface area contributed by atoms with Crippen molar-refractivity contribution >= 4 is 38.4 Å². The first-order valence-corrected chi connectivity index (χ1v) is 6.86. The maximum atomic E-state index is 6.07. The lowest BCUT2D eigenvalue weighted by molar-refractivity contribution is -0.0366. The largest absolute Gasteiger partial charge is 0.356 e. The number of fused-ring (bicyclic) bond motifs is 1. The summed E-state index contributed by atoms with van der Waals surface area (Å²) in [5.41, 5.74) is 1.06. The van der Waals surface area contributed by atoms with E-state index in [4.69, 9.17) is 16.3 Å². The minimum atomic E-state index is 0.0642. The van der Waals surface area contributed by atoms with E-state index >= 15 is 0 Å². The van der Waals surface area contributed by atoms with Crippen LogP contribution >= 0.6 is 27.5 Å². The maximum absolute atomic E-state index is 6.07. The van der Waals surface area contributed by atoms with Gasteiger partial charge in [0, 0.05) is 16.5 Å². The number of rotatable bonds is 1. The van der Waals surface area contributed by atoms with Crippen LogP contribution in [0, 0.1) is 0 Å². The predicted octanol–water partition coefficient (Wildman–Crippen LogP) is 4.15. The molecular formula is C12H12BrClN2O. The molecule has 0 spiro atoms. The summed E-state index contributed by atoms with van der Waals surface area (Å²) in [6, 6.07) is 3.93. The molecule has 1 aliphatic rings. The maximum Gasteiger partial charge on any atom is 0.150 e. The zero-order chi connectivity index (χ0) is 11.8. The highest BCUT2D eigenvalue weighted by atomic mass is 79.9. The van der Waals surface area contributed by atoms with Gasteiger partial charge in [0.2, 0.25) is 0 Å². The second-order valence-electron chi connectivity index (χ2n) is 4.24. The van der Waals surface area contributed by atoms with E-state index in [0.717, 1.165) is 34.8 Å². The summed E-state index contributed by atoms with van der Waals surface area (Å²) in [4.78, 5) is 0. The van der Waals surface area contributed by atoms with Crippen LogP contribution in [0.3, 0.4) is 0 Å². The van der Waals surface area contributed by atoms with Gasteiger partial charge in [0.1, 0.15) is 0 Å². The average Bonchev–Trinajstić information content (AvgIpc) is 2.74. The van der Waals surface area contributed by atoms with Crippen molar-refractivity contribution in [3.05, 3.63) is 27.8 Å². The first-order valence-electron chi connectivity index (χ1n) is 5.69. The molecule has 2 heterocycles. The van der Waals surface area contributed by atoms with Gasteiger partial charge in [-0.2, -0.15) is 5.10 Å². The smallest absolute Gasteiger partial charge is 0.150 e. The Bertz CT molecular complexity index is 549. The number of halogens is 2. The summed E-state index contributed by atoms with van der Waals surface area (Å²) < 4.78 is 8.60. The molecule has 0 N–H and O–H groups in total. The standard InChI is InChI=1S/C12H12BrClN2O/c13-9-6-11-8(5-10(9)14)7-15-16(11)12-3-1-2-4-17-12/h5-7,12H,1-4H2. The van der Waals surface area contributed by atoms with Crippen molar-refractivity contribution in [2.45, 2.75) is 25.5 Å². The number of ether oxygens (including phenoxy) is 1. The van der Waals surface area contributed by atoms with Crippen LogP contribution in [0.15, 0.2) is 22.8 Å². The molecule has 1 aliphatic heterocycles. The normalized spacial score (nSPS) is 20.9. The summed E-state index contributed by atoms with van der Waals surface area (Å²) in [6.07, 6.45) is 5.27. The fourth-order valence-electron chi connectivity index (χ4n) is 2.19. The molecule has 1 saturated heterocycles. The van der Waals surface area contributed by atoms with E-state index in [1.165, 1.54) is 6.42 Å². The Kier molecular flexibility index (Phi) is 3.11. The van der Waals surface area contributed by atoms with Crippen LogP contribution in [-0.2, 0) is 4.74 Å². The van der Waals surface area contributed by atoms with Gasteiger partial charge in [0.15, 0.2) is 6.23 Å². The van der Waals surface area contributed by atoms with Crippen LogP contribution in [0.25, 0.3) is 10.9 Å². The first kappa shape index (κ1) is 11.5. The van der Waals surface area contributed by atoms with Crippen LogP contribution in [-0.4, -0.2) is 16.4 Å². The Labute approximate surface area is 113 Å². The van der Waals surface area contributed by atoms with E-state index < -0.39 is 0 Å². The van der Waals surface area contributed by atoms with Crippen molar-refractivity contribution < 1.29 is 4.74 Å². The number of hydrogen-bond acceptors (Lipinski definition) is 2. The van der Waals surface area contributed by atoms with Crippen LogP contribution in [0.2, 0.25) is 5.02 Å². The quantitative estimate of drug-likeness (QED) is 0.790. The Morgan fingerprint density at radius 2 is 2.29 bits per heavy atom. The SMILES string of the molecule is Clc1cc2cnn(C3CCCCO3)c2cc1Br. The third kappa shape index (κ3) is 2.09. The van der Waals surface area contributed by atoms with Crippen molar-refractivity contribution in [2.75, 3.05) is 6.61 Å². The highest BCUT2D eigenvalue weighted by Crippen LogP contribution is 2.31. The highest BCUT2D eigenvalue weighted by molar-refractivity contribution is 9.10. The van der Waals surface area contributed by atoms with Crippen molar-refractivity contribution in [1.29, 1.82) is 0 Å². The van der Waals surface area contributed by atoms with Gasteiger partial charge in [0.05, 0.1) is 16.7 Å². The Balaban J connectivity index is 2.07.